The van der Waals surface area contributed by atoms with Gasteiger partial charge >= 0.3 is 11.9 Å². The average molecular weight is 348 g/mol. The van der Waals surface area contributed by atoms with Gasteiger partial charge in [-0.3, -0.25) is 0 Å². The SMILES string of the molecule is CCCCC(CCC(C)C)OC(=O)c1cc(C)c(CC)cc1C(=O)O. The largest absolute Gasteiger partial charge is 0.478 e. The number of aryl methyl sites for hydroxylation is 2. The van der Waals surface area contributed by atoms with Crippen LogP contribution in [-0.2, 0) is 11.2 Å². The lowest BCUT2D eigenvalue weighted by Gasteiger charge is -2.20. The van der Waals surface area contributed by atoms with Gasteiger partial charge in [-0.1, -0.05) is 40.5 Å². The number of benzene rings is 1. The summed E-state index contributed by atoms with van der Waals surface area (Å²) in [5, 5.41) is 9.47. The molecule has 0 saturated heterocycles. The smallest absolute Gasteiger partial charge is 0.339 e. The van der Waals surface area contributed by atoms with Crippen LogP contribution in [0.3, 0.4) is 0 Å². The first kappa shape index (κ1) is 21.2. The van der Waals surface area contributed by atoms with Gasteiger partial charge in [0.25, 0.3) is 0 Å². The van der Waals surface area contributed by atoms with Gasteiger partial charge in [0.1, 0.15) is 6.10 Å². The maximum Gasteiger partial charge on any atom is 0.339 e. The molecule has 0 spiro atoms. The number of hydrogen-bond acceptors (Lipinski definition) is 3. The third-order valence-electron chi connectivity index (χ3n) is 4.53. The Morgan fingerprint density at radius 3 is 2.28 bits per heavy atom. The molecule has 0 aliphatic carbocycles. The molecule has 0 radical (unpaired) electrons. The molecular formula is C21H32O4. The second-order valence-corrected chi connectivity index (χ2v) is 7.12. The van der Waals surface area contributed by atoms with Crippen molar-refractivity contribution >= 4 is 11.9 Å². The Balaban J connectivity index is 3.02. The topological polar surface area (TPSA) is 63.6 Å². The molecule has 140 valence electrons. The zero-order valence-corrected chi connectivity index (χ0v) is 16.2. The van der Waals surface area contributed by atoms with Crippen molar-refractivity contribution in [2.75, 3.05) is 0 Å². The summed E-state index contributed by atoms with van der Waals surface area (Å²) < 4.78 is 5.71. The molecule has 1 aromatic carbocycles. The number of ether oxygens (including phenoxy) is 1. The predicted molar refractivity (Wildman–Crippen MR) is 100 cm³/mol. The molecule has 1 unspecified atom stereocenters. The minimum atomic E-state index is -1.09. The van der Waals surface area contributed by atoms with Crippen LogP contribution in [0.4, 0.5) is 0 Å². The Labute approximate surface area is 151 Å². The molecule has 1 rings (SSSR count). The summed E-state index contributed by atoms with van der Waals surface area (Å²) in [6, 6.07) is 3.26. The third kappa shape index (κ3) is 6.52. The van der Waals surface area contributed by atoms with Gasteiger partial charge in [-0.25, -0.2) is 9.59 Å². The van der Waals surface area contributed by atoms with Gasteiger partial charge in [-0.05, 0) is 61.8 Å². The van der Waals surface area contributed by atoms with Crippen LogP contribution in [0.5, 0.6) is 0 Å². The number of hydrogen-bond donors (Lipinski definition) is 1. The molecule has 1 N–H and O–H groups in total. The monoisotopic (exact) mass is 348 g/mol. The van der Waals surface area contributed by atoms with E-state index in [9.17, 15) is 14.7 Å². The van der Waals surface area contributed by atoms with Gasteiger partial charge in [-0.2, -0.15) is 0 Å². The zero-order chi connectivity index (χ0) is 19.0. The molecule has 4 nitrogen and oxygen atoms in total. The van der Waals surface area contributed by atoms with Crippen LogP contribution in [0.15, 0.2) is 12.1 Å². The highest BCUT2D eigenvalue weighted by atomic mass is 16.5. The second-order valence-electron chi connectivity index (χ2n) is 7.12. The van der Waals surface area contributed by atoms with Crippen molar-refractivity contribution in [3.8, 4) is 0 Å². The summed E-state index contributed by atoms with van der Waals surface area (Å²) in [6.45, 7) is 10.3. The highest BCUT2D eigenvalue weighted by Gasteiger charge is 2.22. The summed E-state index contributed by atoms with van der Waals surface area (Å²) in [5.74, 6) is -1.06. The van der Waals surface area contributed by atoms with Crippen molar-refractivity contribution in [3.63, 3.8) is 0 Å². The number of esters is 1. The van der Waals surface area contributed by atoms with Gasteiger partial charge in [0, 0.05) is 0 Å². The van der Waals surface area contributed by atoms with Crippen LogP contribution >= 0.6 is 0 Å². The Hall–Kier alpha value is -1.84. The van der Waals surface area contributed by atoms with Crippen molar-refractivity contribution < 1.29 is 19.4 Å². The van der Waals surface area contributed by atoms with Crippen LogP contribution < -0.4 is 0 Å². The molecule has 0 aliphatic rings. The fraction of sp³-hybridized carbons (Fsp3) is 0.619. The summed E-state index contributed by atoms with van der Waals surface area (Å²) in [6.07, 6.45) is 5.25. The molecule has 0 saturated carbocycles. The van der Waals surface area contributed by atoms with Gasteiger partial charge in [0.15, 0.2) is 0 Å². The predicted octanol–water partition coefficient (Wildman–Crippen LogP) is 5.41. The van der Waals surface area contributed by atoms with Gasteiger partial charge in [-0.15, -0.1) is 0 Å². The molecule has 0 aliphatic heterocycles. The minimum absolute atomic E-state index is 0.0329. The van der Waals surface area contributed by atoms with Crippen molar-refractivity contribution in [3.05, 3.63) is 34.4 Å². The maximum atomic E-state index is 12.7. The molecule has 4 heteroatoms. The molecule has 0 bridgehead atoms. The molecule has 0 heterocycles. The van der Waals surface area contributed by atoms with E-state index in [1.165, 1.54) is 0 Å². The van der Waals surface area contributed by atoms with Crippen molar-refractivity contribution in [2.45, 2.75) is 79.2 Å². The Kier molecular flexibility index (Phi) is 8.67. The summed E-state index contributed by atoms with van der Waals surface area (Å²) in [7, 11) is 0. The van der Waals surface area contributed by atoms with E-state index in [1.807, 2.05) is 13.8 Å². The van der Waals surface area contributed by atoms with E-state index in [4.69, 9.17) is 4.74 Å². The van der Waals surface area contributed by atoms with Crippen LogP contribution in [0.1, 0.15) is 91.6 Å². The molecular weight excluding hydrogens is 316 g/mol. The molecule has 1 aromatic rings. The first-order chi connectivity index (χ1) is 11.8. The van der Waals surface area contributed by atoms with E-state index in [0.29, 0.717) is 5.92 Å². The zero-order valence-electron chi connectivity index (χ0n) is 16.2. The summed E-state index contributed by atoms with van der Waals surface area (Å²) in [5.41, 5.74) is 2.06. The second kappa shape index (κ2) is 10.2. The Bertz CT molecular complexity index is 590. The molecule has 0 aromatic heterocycles. The molecule has 1 atom stereocenters. The number of aromatic carboxylic acids is 1. The number of carbonyl (C=O) groups is 2. The quantitative estimate of drug-likeness (QED) is 0.574. The highest BCUT2D eigenvalue weighted by molar-refractivity contribution is 6.02. The van der Waals surface area contributed by atoms with Gasteiger partial charge in [0.05, 0.1) is 11.1 Å². The summed E-state index contributed by atoms with van der Waals surface area (Å²) >= 11 is 0. The van der Waals surface area contributed by atoms with Crippen LogP contribution in [0, 0.1) is 12.8 Å². The number of carboxylic acid groups (broad SMARTS) is 1. The standard InChI is InChI=1S/C21H32O4/c1-6-8-9-17(11-10-14(3)4)25-21(24)19-12-15(5)16(7-2)13-18(19)20(22)23/h12-14,17H,6-11H2,1-5H3,(H,22,23). The van der Waals surface area contributed by atoms with E-state index < -0.39 is 11.9 Å². The number of carboxylic acids is 1. The van der Waals surface area contributed by atoms with Crippen LogP contribution in [-0.4, -0.2) is 23.1 Å². The van der Waals surface area contributed by atoms with Crippen molar-refractivity contribution in [1.82, 2.24) is 0 Å². The molecule has 0 amide bonds. The van der Waals surface area contributed by atoms with E-state index in [2.05, 4.69) is 20.8 Å². The number of carbonyl (C=O) groups excluding carboxylic acids is 1. The normalized spacial score (nSPS) is 12.2. The van der Waals surface area contributed by atoms with E-state index in [-0.39, 0.29) is 17.2 Å². The van der Waals surface area contributed by atoms with Gasteiger partial charge in [0.2, 0.25) is 0 Å². The van der Waals surface area contributed by atoms with Crippen LogP contribution in [0.2, 0.25) is 0 Å². The lowest BCUT2D eigenvalue weighted by molar-refractivity contribution is 0.0238. The van der Waals surface area contributed by atoms with E-state index in [1.54, 1.807) is 12.1 Å². The van der Waals surface area contributed by atoms with Crippen molar-refractivity contribution in [1.29, 1.82) is 0 Å². The first-order valence-electron chi connectivity index (χ1n) is 9.37. The highest BCUT2D eigenvalue weighted by Crippen LogP contribution is 2.22. The first-order valence-corrected chi connectivity index (χ1v) is 9.37. The number of unbranched alkanes of at least 4 members (excludes halogenated alkanes) is 1. The Morgan fingerprint density at radius 1 is 1.08 bits per heavy atom. The van der Waals surface area contributed by atoms with Crippen LogP contribution in [0.25, 0.3) is 0 Å². The third-order valence-corrected chi connectivity index (χ3v) is 4.53. The van der Waals surface area contributed by atoms with E-state index >= 15 is 0 Å². The minimum Gasteiger partial charge on any atom is -0.478 e. The maximum absolute atomic E-state index is 12.7. The van der Waals surface area contributed by atoms with Crippen molar-refractivity contribution in [2.24, 2.45) is 5.92 Å². The fourth-order valence-corrected chi connectivity index (χ4v) is 2.91. The lowest BCUT2D eigenvalue weighted by Crippen LogP contribution is -2.21. The Morgan fingerprint density at radius 2 is 1.76 bits per heavy atom. The molecule has 25 heavy (non-hydrogen) atoms. The number of rotatable bonds is 10. The summed E-state index contributed by atoms with van der Waals surface area (Å²) in [4.78, 5) is 24.2. The lowest BCUT2D eigenvalue weighted by atomic mass is 9.97. The fourth-order valence-electron chi connectivity index (χ4n) is 2.91. The molecule has 0 fully saturated rings. The average Bonchev–Trinajstić information content (AvgIpc) is 2.56. The van der Waals surface area contributed by atoms with Gasteiger partial charge < -0.3 is 9.84 Å². The van der Waals surface area contributed by atoms with E-state index in [0.717, 1.165) is 49.7 Å².